The van der Waals surface area contributed by atoms with E-state index in [9.17, 15) is 13.2 Å². The molecule has 0 fully saturated rings. The highest BCUT2D eigenvalue weighted by Crippen LogP contribution is 2.34. The summed E-state index contributed by atoms with van der Waals surface area (Å²) >= 11 is 6.26. The first-order valence-corrected chi connectivity index (χ1v) is 12.0. The van der Waals surface area contributed by atoms with E-state index in [2.05, 4.69) is 9.71 Å². The van der Waals surface area contributed by atoms with Crippen LogP contribution in [0.3, 0.4) is 0 Å². The predicted molar refractivity (Wildman–Crippen MR) is 130 cm³/mol. The van der Waals surface area contributed by atoms with Crippen molar-refractivity contribution < 1.29 is 17.9 Å². The first kappa shape index (κ1) is 22.6. The first-order valence-electron chi connectivity index (χ1n) is 10.1. The van der Waals surface area contributed by atoms with Gasteiger partial charge in [-0.25, -0.2) is 8.42 Å². The average Bonchev–Trinajstić information content (AvgIpc) is 3.17. The Labute approximate surface area is 196 Å². The Balaban J connectivity index is 1.71. The molecule has 4 rings (SSSR count). The smallest absolute Gasteiger partial charge is 0.302 e. The standard InChI is InChI=1S/C25H21ClN2O4S/c1-17(29)32-16-21-20-9-5-6-10-23(20)28-25(21)19-11-12-22(26)24(15-19)33(30,31)27-14-13-18-7-3-2-4-8-18/h2-15,27-28H,16H2,1H3. The van der Waals surface area contributed by atoms with E-state index in [1.807, 2.05) is 54.6 Å². The molecule has 0 aliphatic rings. The van der Waals surface area contributed by atoms with Crippen molar-refractivity contribution in [2.45, 2.75) is 18.4 Å². The molecular weight excluding hydrogens is 460 g/mol. The maximum atomic E-state index is 13.0. The number of fused-ring (bicyclic) bond motifs is 1. The lowest BCUT2D eigenvalue weighted by atomic mass is 10.1. The summed E-state index contributed by atoms with van der Waals surface area (Å²) < 4.78 is 33.6. The second-order valence-electron chi connectivity index (χ2n) is 7.31. The number of para-hydroxylation sites is 1. The quantitative estimate of drug-likeness (QED) is 0.342. The zero-order chi connectivity index (χ0) is 23.4. The molecule has 0 atom stereocenters. The monoisotopic (exact) mass is 480 g/mol. The van der Waals surface area contributed by atoms with Crippen LogP contribution in [0.4, 0.5) is 0 Å². The molecule has 0 radical (unpaired) electrons. The largest absolute Gasteiger partial charge is 0.461 e. The third-order valence-electron chi connectivity index (χ3n) is 5.04. The summed E-state index contributed by atoms with van der Waals surface area (Å²) in [5, 5.41) is 0.981. The van der Waals surface area contributed by atoms with Crippen molar-refractivity contribution >= 4 is 44.6 Å². The molecule has 2 N–H and O–H groups in total. The molecule has 0 saturated heterocycles. The molecule has 168 valence electrons. The van der Waals surface area contributed by atoms with Gasteiger partial charge in [0, 0.05) is 29.6 Å². The van der Waals surface area contributed by atoms with E-state index in [1.54, 1.807) is 12.1 Å². The number of H-pyrrole nitrogens is 1. The topological polar surface area (TPSA) is 88.3 Å². The van der Waals surface area contributed by atoms with Gasteiger partial charge in [-0.1, -0.05) is 66.2 Å². The van der Waals surface area contributed by atoms with Crippen LogP contribution in [0.5, 0.6) is 0 Å². The lowest BCUT2D eigenvalue weighted by Crippen LogP contribution is -2.18. The van der Waals surface area contributed by atoms with Gasteiger partial charge in [-0.2, -0.15) is 0 Å². The van der Waals surface area contributed by atoms with Gasteiger partial charge in [0.1, 0.15) is 11.5 Å². The molecule has 0 bridgehead atoms. The van der Waals surface area contributed by atoms with Crippen LogP contribution in [0.25, 0.3) is 28.2 Å². The SMILES string of the molecule is CC(=O)OCc1c(-c2ccc(Cl)c(S(=O)(=O)NC=Cc3ccccc3)c2)[nH]c2ccccc12. The number of carbonyl (C=O) groups is 1. The third kappa shape index (κ3) is 5.10. The molecular formula is C25H21ClN2O4S. The van der Waals surface area contributed by atoms with E-state index in [-0.39, 0.29) is 16.5 Å². The Kier molecular flexibility index (Phi) is 6.53. The summed E-state index contributed by atoms with van der Waals surface area (Å²) in [7, 11) is -3.93. The number of halogens is 1. The Hall–Kier alpha value is -3.55. The first-order chi connectivity index (χ1) is 15.8. The van der Waals surface area contributed by atoms with Gasteiger partial charge in [0.15, 0.2) is 0 Å². The molecule has 1 heterocycles. The summed E-state index contributed by atoms with van der Waals surface area (Å²) in [5.41, 5.74) is 3.71. The van der Waals surface area contributed by atoms with Crippen LogP contribution in [-0.2, 0) is 26.2 Å². The van der Waals surface area contributed by atoms with Gasteiger partial charge in [0.25, 0.3) is 10.0 Å². The molecule has 0 aliphatic carbocycles. The normalized spacial score (nSPS) is 11.7. The number of ether oxygens (including phenoxy) is 1. The number of rotatable bonds is 7. The Morgan fingerprint density at radius 2 is 1.79 bits per heavy atom. The second kappa shape index (κ2) is 9.52. The molecule has 0 unspecified atom stereocenters. The zero-order valence-electron chi connectivity index (χ0n) is 17.7. The number of carbonyl (C=O) groups excluding carboxylic acids is 1. The second-order valence-corrected chi connectivity index (χ2v) is 9.40. The molecule has 0 aliphatic heterocycles. The van der Waals surface area contributed by atoms with Crippen molar-refractivity contribution in [2.75, 3.05) is 0 Å². The van der Waals surface area contributed by atoms with Gasteiger partial charge in [0.2, 0.25) is 0 Å². The van der Waals surface area contributed by atoms with Gasteiger partial charge >= 0.3 is 5.97 Å². The maximum Gasteiger partial charge on any atom is 0.302 e. The third-order valence-corrected chi connectivity index (χ3v) is 6.85. The van der Waals surface area contributed by atoms with E-state index >= 15 is 0 Å². The number of aromatic nitrogens is 1. The highest BCUT2D eigenvalue weighted by molar-refractivity contribution is 7.89. The molecule has 3 aromatic carbocycles. The highest BCUT2D eigenvalue weighted by atomic mass is 35.5. The number of hydrogen-bond donors (Lipinski definition) is 2. The van der Waals surface area contributed by atoms with Gasteiger partial charge in [-0.3, -0.25) is 9.52 Å². The maximum absolute atomic E-state index is 13.0. The number of esters is 1. The number of sulfonamides is 1. The average molecular weight is 481 g/mol. The molecule has 0 spiro atoms. The van der Waals surface area contributed by atoms with Crippen LogP contribution in [-0.4, -0.2) is 19.4 Å². The summed E-state index contributed by atoms with van der Waals surface area (Å²) in [6, 6.07) is 21.7. The molecule has 1 aromatic heterocycles. The molecule has 33 heavy (non-hydrogen) atoms. The van der Waals surface area contributed by atoms with Crippen LogP contribution in [0.15, 0.2) is 83.9 Å². The summed E-state index contributed by atoms with van der Waals surface area (Å²) in [6.07, 6.45) is 3.02. The van der Waals surface area contributed by atoms with Crippen LogP contribution in [0.2, 0.25) is 5.02 Å². The van der Waals surface area contributed by atoms with E-state index < -0.39 is 16.0 Å². The fourth-order valence-electron chi connectivity index (χ4n) is 3.48. The summed E-state index contributed by atoms with van der Waals surface area (Å²) in [4.78, 5) is 14.7. The summed E-state index contributed by atoms with van der Waals surface area (Å²) in [6.45, 7) is 1.40. The van der Waals surface area contributed by atoms with Crippen LogP contribution in [0.1, 0.15) is 18.1 Å². The van der Waals surface area contributed by atoms with Crippen LogP contribution < -0.4 is 4.72 Å². The molecule has 6 nitrogen and oxygen atoms in total. The van der Waals surface area contributed by atoms with E-state index in [0.29, 0.717) is 11.3 Å². The number of aromatic amines is 1. The van der Waals surface area contributed by atoms with Crippen molar-refractivity contribution in [1.29, 1.82) is 0 Å². The van der Waals surface area contributed by atoms with Crippen LogP contribution in [0, 0.1) is 0 Å². The minimum absolute atomic E-state index is 0.0530. The zero-order valence-corrected chi connectivity index (χ0v) is 19.3. The van der Waals surface area contributed by atoms with Crippen molar-refractivity contribution in [1.82, 2.24) is 9.71 Å². The molecule has 8 heteroatoms. The fourth-order valence-corrected chi connectivity index (χ4v) is 4.89. The Morgan fingerprint density at radius 1 is 1.06 bits per heavy atom. The van der Waals surface area contributed by atoms with Crippen molar-refractivity contribution in [3.63, 3.8) is 0 Å². The Morgan fingerprint density at radius 3 is 2.55 bits per heavy atom. The van der Waals surface area contributed by atoms with E-state index in [1.165, 1.54) is 25.3 Å². The fraction of sp³-hybridized carbons (Fsp3) is 0.0800. The molecule has 0 amide bonds. The molecule has 4 aromatic rings. The van der Waals surface area contributed by atoms with Gasteiger partial charge in [-0.15, -0.1) is 0 Å². The number of benzene rings is 3. The van der Waals surface area contributed by atoms with E-state index in [4.69, 9.17) is 16.3 Å². The number of nitrogens with one attached hydrogen (secondary N) is 2. The Bertz CT molecular complexity index is 1440. The van der Waals surface area contributed by atoms with Crippen molar-refractivity contribution in [2.24, 2.45) is 0 Å². The highest BCUT2D eigenvalue weighted by Gasteiger charge is 2.20. The minimum Gasteiger partial charge on any atom is -0.461 e. The summed E-state index contributed by atoms with van der Waals surface area (Å²) in [5.74, 6) is -0.403. The van der Waals surface area contributed by atoms with Gasteiger partial charge in [-0.05, 0) is 35.4 Å². The lowest BCUT2D eigenvalue weighted by molar-refractivity contribution is -0.142. The molecule has 0 saturated carbocycles. The predicted octanol–water partition coefficient (Wildman–Crippen LogP) is 5.50. The van der Waals surface area contributed by atoms with Crippen LogP contribution >= 0.6 is 11.6 Å². The number of hydrogen-bond acceptors (Lipinski definition) is 4. The van der Waals surface area contributed by atoms with Gasteiger partial charge in [0.05, 0.1) is 10.7 Å². The van der Waals surface area contributed by atoms with Gasteiger partial charge < -0.3 is 9.72 Å². The van der Waals surface area contributed by atoms with E-state index in [0.717, 1.165) is 22.0 Å². The van der Waals surface area contributed by atoms with Crippen molar-refractivity contribution in [3.05, 3.63) is 95.1 Å². The minimum atomic E-state index is -3.93. The van der Waals surface area contributed by atoms with Crippen molar-refractivity contribution in [3.8, 4) is 11.3 Å². The lowest BCUT2D eigenvalue weighted by Gasteiger charge is -2.10.